The minimum atomic E-state index is 0.0229. The molecule has 2 aromatic rings. The van der Waals surface area contributed by atoms with Crippen LogP contribution in [0, 0.1) is 0 Å². The lowest BCUT2D eigenvalue weighted by molar-refractivity contribution is 0.318. The number of oxime groups is 1. The highest BCUT2D eigenvalue weighted by Gasteiger charge is 2.10. The second-order valence-corrected chi connectivity index (χ2v) is 4.51. The molecule has 0 aliphatic heterocycles. The molecule has 1 atom stereocenters. The molecule has 104 valence electrons. The highest BCUT2D eigenvalue weighted by Crippen LogP contribution is 2.13. The number of nitrogens with one attached hydrogen (secondary N) is 1. The number of hydrogen-bond acceptors (Lipinski definition) is 4. The van der Waals surface area contributed by atoms with E-state index >= 15 is 0 Å². The summed E-state index contributed by atoms with van der Waals surface area (Å²) in [5, 5.41) is 15.2. The average molecular weight is 270 g/mol. The Labute approximate surface area is 118 Å². The maximum atomic E-state index is 8.77. The Morgan fingerprint density at radius 1 is 1.30 bits per heavy atom. The second kappa shape index (κ2) is 6.68. The van der Waals surface area contributed by atoms with E-state index in [0.29, 0.717) is 12.2 Å². The summed E-state index contributed by atoms with van der Waals surface area (Å²) in [6, 6.07) is 14.1. The standard InChI is InChI=1S/C15H18N4O/c1-11(12-6-3-2-4-7-12)18-10-13-8-5-9-17-14(13)15(16)19-20/h2-9,11,18,20H,10H2,1H3,(H2,16,19)/t11-/m0/s1. The number of hydrogen-bond donors (Lipinski definition) is 3. The summed E-state index contributed by atoms with van der Waals surface area (Å²) >= 11 is 0. The Hall–Kier alpha value is -2.40. The number of amidine groups is 1. The van der Waals surface area contributed by atoms with Gasteiger partial charge in [0.25, 0.3) is 0 Å². The fourth-order valence-electron chi connectivity index (χ4n) is 1.98. The zero-order valence-corrected chi connectivity index (χ0v) is 11.3. The van der Waals surface area contributed by atoms with Gasteiger partial charge >= 0.3 is 0 Å². The molecule has 1 aromatic heterocycles. The van der Waals surface area contributed by atoms with Crippen molar-refractivity contribution >= 4 is 5.84 Å². The van der Waals surface area contributed by atoms with Gasteiger partial charge in [-0.1, -0.05) is 41.6 Å². The molecule has 0 unspecified atom stereocenters. The summed E-state index contributed by atoms with van der Waals surface area (Å²) in [6.45, 7) is 2.68. The fraction of sp³-hybridized carbons (Fsp3) is 0.200. The molecule has 0 aliphatic rings. The van der Waals surface area contributed by atoms with E-state index in [-0.39, 0.29) is 11.9 Å². The van der Waals surface area contributed by atoms with Crippen molar-refractivity contribution in [2.24, 2.45) is 10.9 Å². The molecule has 5 nitrogen and oxygen atoms in total. The van der Waals surface area contributed by atoms with Crippen molar-refractivity contribution in [3.63, 3.8) is 0 Å². The Kier molecular flexibility index (Phi) is 4.68. The van der Waals surface area contributed by atoms with E-state index in [4.69, 9.17) is 10.9 Å². The maximum Gasteiger partial charge on any atom is 0.189 e. The van der Waals surface area contributed by atoms with Gasteiger partial charge in [0.15, 0.2) is 5.84 Å². The first kappa shape index (κ1) is 14.0. The molecule has 4 N–H and O–H groups in total. The average Bonchev–Trinajstić information content (AvgIpc) is 2.53. The molecular formula is C15H18N4O. The molecule has 0 radical (unpaired) electrons. The lowest BCUT2D eigenvalue weighted by Crippen LogP contribution is -2.23. The first-order valence-electron chi connectivity index (χ1n) is 6.42. The first-order valence-corrected chi connectivity index (χ1v) is 6.42. The van der Waals surface area contributed by atoms with E-state index < -0.39 is 0 Å². The monoisotopic (exact) mass is 270 g/mol. The van der Waals surface area contributed by atoms with Crippen molar-refractivity contribution < 1.29 is 5.21 Å². The predicted octanol–water partition coefficient (Wildman–Crippen LogP) is 2.03. The van der Waals surface area contributed by atoms with Gasteiger partial charge in [-0.05, 0) is 24.1 Å². The van der Waals surface area contributed by atoms with Crippen LogP contribution in [0.4, 0.5) is 0 Å². The molecule has 2 rings (SSSR count). The minimum absolute atomic E-state index is 0.0229. The van der Waals surface area contributed by atoms with E-state index in [1.165, 1.54) is 5.56 Å². The Balaban J connectivity index is 2.08. The third-order valence-corrected chi connectivity index (χ3v) is 3.14. The molecule has 1 aromatic carbocycles. The molecule has 5 heteroatoms. The second-order valence-electron chi connectivity index (χ2n) is 4.51. The number of pyridine rings is 1. The normalized spacial score (nSPS) is 13.2. The Morgan fingerprint density at radius 2 is 2.05 bits per heavy atom. The zero-order valence-electron chi connectivity index (χ0n) is 11.3. The van der Waals surface area contributed by atoms with Crippen molar-refractivity contribution in [3.8, 4) is 0 Å². The first-order chi connectivity index (χ1) is 9.72. The number of nitrogens with two attached hydrogens (primary N) is 1. The van der Waals surface area contributed by atoms with Gasteiger partial charge in [0.05, 0.1) is 0 Å². The summed E-state index contributed by atoms with van der Waals surface area (Å²) in [4.78, 5) is 4.14. The molecule has 0 saturated heterocycles. The van der Waals surface area contributed by atoms with Gasteiger partial charge in [-0.2, -0.15) is 0 Å². The zero-order chi connectivity index (χ0) is 14.4. The van der Waals surface area contributed by atoms with Crippen LogP contribution in [0.3, 0.4) is 0 Å². The number of nitrogens with zero attached hydrogens (tertiary/aromatic N) is 2. The quantitative estimate of drug-likeness (QED) is 0.336. The third-order valence-electron chi connectivity index (χ3n) is 3.14. The fourth-order valence-corrected chi connectivity index (χ4v) is 1.98. The highest BCUT2D eigenvalue weighted by atomic mass is 16.4. The van der Waals surface area contributed by atoms with Crippen LogP contribution in [-0.4, -0.2) is 16.0 Å². The molecule has 0 bridgehead atoms. The predicted molar refractivity (Wildman–Crippen MR) is 78.4 cm³/mol. The molecule has 1 heterocycles. The summed E-state index contributed by atoms with van der Waals surface area (Å²) in [6.07, 6.45) is 1.62. The van der Waals surface area contributed by atoms with Crippen LogP contribution in [0.1, 0.15) is 29.8 Å². The van der Waals surface area contributed by atoms with E-state index in [0.717, 1.165) is 5.56 Å². The summed E-state index contributed by atoms with van der Waals surface area (Å²) in [5.74, 6) is 0.0229. The lowest BCUT2D eigenvalue weighted by atomic mass is 10.1. The van der Waals surface area contributed by atoms with Crippen LogP contribution in [0.15, 0.2) is 53.8 Å². The van der Waals surface area contributed by atoms with Crippen LogP contribution in [0.25, 0.3) is 0 Å². The van der Waals surface area contributed by atoms with Crippen LogP contribution in [0.5, 0.6) is 0 Å². The van der Waals surface area contributed by atoms with Gasteiger partial charge in [0, 0.05) is 18.8 Å². The largest absolute Gasteiger partial charge is 0.409 e. The van der Waals surface area contributed by atoms with E-state index in [9.17, 15) is 0 Å². The maximum absolute atomic E-state index is 8.77. The number of rotatable bonds is 5. The SMILES string of the molecule is C[C@H](NCc1cccnc1C(N)=NO)c1ccccc1. The molecule has 20 heavy (non-hydrogen) atoms. The van der Waals surface area contributed by atoms with Crippen molar-refractivity contribution in [3.05, 3.63) is 65.5 Å². The van der Waals surface area contributed by atoms with Gasteiger partial charge in [0.1, 0.15) is 5.69 Å². The summed E-state index contributed by atoms with van der Waals surface area (Å²) in [7, 11) is 0. The molecule has 0 aliphatic carbocycles. The van der Waals surface area contributed by atoms with Crippen LogP contribution in [-0.2, 0) is 6.54 Å². The number of benzene rings is 1. The van der Waals surface area contributed by atoms with E-state index in [2.05, 4.69) is 34.5 Å². The third kappa shape index (κ3) is 3.33. The lowest BCUT2D eigenvalue weighted by Gasteiger charge is -2.15. The van der Waals surface area contributed by atoms with Crippen molar-refractivity contribution in [1.29, 1.82) is 0 Å². The highest BCUT2D eigenvalue weighted by molar-refractivity contribution is 5.96. The topological polar surface area (TPSA) is 83.5 Å². The Morgan fingerprint density at radius 3 is 2.75 bits per heavy atom. The van der Waals surface area contributed by atoms with Crippen molar-refractivity contribution in [2.45, 2.75) is 19.5 Å². The van der Waals surface area contributed by atoms with E-state index in [1.54, 1.807) is 6.20 Å². The van der Waals surface area contributed by atoms with Gasteiger partial charge in [0.2, 0.25) is 0 Å². The number of aromatic nitrogens is 1. The molecular weight excluding hydrogens is 252 g/mol. The molecule has 0 amide bonds. The van der Waals surface area contributed by atoms with E-state index in [1.807, 2.05) is 30.3 Å². The van der Waals surface area contributed by atoms with Crippen LogP contribution >= 0.6 is 0 Å². The Bertz CT molecular complexity index is 583. The van der Waals surface area contributed by atoms with Crippen LogP contribution in [0.2, 0.25) is 0 Å². The van der Waals surface area contributed by atoms with Gasteiger partial charge < -0.3 is 16.3 Å². The molecule has 0 saturated carbocycles. The summed E-state index contributed by atoms with van der Waals surface area (Å²) < 4.78 is 0. The smallest absolute Gasteiger partial charge is 0.189 e. The van der Waals surface area contributed by atoms with Gasteiger partial charge in [-0.25, -0.2) is 0 Å². The van der Waals surface area contributed by atoms with Crippen molar-refractivity contribution in [1.82, 2.24) is 10.3 Å². The summed E-state index contributed by atoms with van der Waals surface area (Å²) in [5.41, 5.74) is 8.23. The van der Waals surface area contributed by atoms with Crippen LogP contribution < -0.4 is 11.1 Å². The van der Waals surface area contributed by atoms with Gasteiger partial charge in [-0.3, -0.25) is 4.98 Å². The molecule has 0 spiro atoms. The molecule has 0 fully saturated rings. The van der Waals surface area contributed by atoms with Crippen molar-refractivity contribution in [2.75, 3.05) is 0 Å². The minimum Gasteiger partial charge on any atom is -0.409 e. The van der Waals surface area contributed by atoms with Gasteiger partial charge in [-0.15, -0.1) is 0 Å².